The number of esters is 1. The van der Waals surface area contributed by atoms with Crippen molar-refractivity contribution in [1.29, 1.82) is 0 Å². The van der Waals surface area contributed by atoms with Crippen molar-refractivity contribution in [1.82, 2.24) is 26.3 Å². The van der Waals surface area contributed by atoms with E-state index in [-0.39, 0.29) is 43.2 Å². The molecule has 1 amide bonds. The van der Waals surface area contributed by atoms with Gasteiger partial charge >= 0.3 is 11.9 Å². The first-order valence-electron chi connectivity index (χ1n) is 18.1. The van der Waals surface area contributed by atoms with Gasteiger partial charge in [-0.3, -0.25) is 14.4 Å². The molecule has 4 aliphatic heterocycles. The molecule has 0 aromatic carbocycles. The van der Waals surface area contributed by atoms with E-state index in [2.05, 4.69) is 79.1 Å². The van der Waals surface area contributed by atoms with Crippen LogP contribution in [-0.2, 0) is 30.3 Å². The molecule has 276 valence electrons. The van der Waals surface area contributed by atoms with Crippen LogP contribution in [0.4, 0.5) is 0 Å². The van der Waals surface area contributed by atoms with Crippen LogP contribution < -0.4 is 27.0 Å². The molecule has 4 atom stereocenters. The largest absolute Gasteiger partial charge is 0.481 e. The van der Waals surface area contributed by atoms with Crippen molar-refractivity contribution in [3.05, 3.63) is 79.2 Å². The van der Waals surface area contributed by atoms with E-state index < -0.39 is 18.0 Å². The number of carbonyl (C=O) groups excluding carboxylic acids is 2. The van der Waals surface area contributed by atoms with Gasteiger partial charge in [0, 0.05) is 71.1 Å². The van der Waals surface area contributed by atoms with E-state index in [0.29, 0.717) is 37.3 Å². The number of nitrogens with one attached hydrogen (secondary N) is 5. The third-order valence-electron chi connectivity index (χ3n) is 10.8. The number of carboxylic acid groups (broad SMARTS) is 1. The Morgan fingerprint density at radius 2 is 1.76 bits per heavy atom. The van der Waals surface area contributed by atoms with E-state index >= 15 is 0 Å². The Hall–Kier alpha value is -4.55. The second-order valence-electron chi connectivity index (χ2n) is 13.7. The molecule has 0 spiro atoms. The summed E-state index contributed by atoms with van der Waals surface area (Å²) in [5, 5.41) is 23.8. The fourth-order valence-corrected chi connectivity index (χ4v) is 7.92. The highest BCUT2D eigenvalue weighted by atomic mass is 16.5. The zero-order chi connectivity index (χ0) is 37.0. The molecule has 5 heterocycles. The first kappa shape index (κ1) is 37.7. The van der Waals surface area contributed by atoms with Crippen LogP contribution >= 0.6 is 0 Å². The molecule has 12 nitrogen and oxygen atoms in total. The second-order valence-corrected chi connectivity index (χ2v) is 13.7. The van der Waals surface area contributed by atoms with Crippen LogP contribution in [0.3, 0.4) is 0 Å². The average Bonchev–Trinajstić information content (AvgIpc) is 3.78. The van der Waals surface area contributed by atoms with Crippen LogP contribution in [0.1, 0.15) is 82.8 Å². The van der Waals surface area contributed by atoms with E-state index in [1.54, 1.807) is 0 Å². The van der Waals surface area contributed by atoms with Crippen LogP contribution in [0.15, 0.2) is 56.7 Å². The van der Waals surface area contributed by atoms with Crippen molar-refractivity contribution < 1.29 is 29.0 Å². The number of carboxylic acids is 1. The highest BCUT2D eigenvalue weighted by molar-refractivity contribution is 5.99. The van der Waals surface area contributed by atoms with Gasteiger partial charge in [0.05, 0.1) is 38.8 Å². The number of allylic oxidation sites excluding steroid dienone is 4. The standard InChI is InChI=1S/C39H54N6O6/c1-8-24-20(3)28-17-30-22(5)26(10-11-34(46)47)37(44-30)27(16-35(48)50-7)38-36(39(49)41-13-15-51-14-12-40)23(6)31(45-38)19-33-25(9-2)21(4)29(43-33)18-32(24)42-28/h17-19,22,26,28,38,42-45H,8-16,40H2,1-7H3,(H,41,49)(H,46,47)/b30-17-,31-19-,32-18?,37-27-. The minimum Gasteiger partial charge on any atom is -0.481 e. The van der Waals surface area contributed by atoms with Crippen molar-refractivity contribution in [2.24, 2.45) is 17.6 Å². The van der Waals surface area contributed by atoms with E-state index in [0.717, 1.165) is 58.2 Å². The molecule has 1 saturated heterocycles. The van der Waals surface area contributed by atoms with E-state index in [4.69, 9.17) is 15.2 Å². The van der Waals surface area contributed by atoms with Gasteiger partial charge in [-0.2, -0.15) is 0 Å². The molecule has 8 bridgehead atoms. The molecule has 12 heteroatoms. The maximum atomic E-state index is 14.1. The lowest BCUT2D eigenvalue weighted by atomic mass is 9.83. The molecular formula is C39H54N6O6. The fraction of sp³-hybridized carbons (Fsp3) is 0.513. The number of methoxy groups -OCH3 is 1. The molecule has 8 N–H and O–H groups in total. The highest BCUT2D eigenvalue weighted by Crippen LogP contribution is 2.43. The smallest absolute Gasteiger partial charge is 0.309 e. The molecule has 5 rings (SSSR count). The molecule has 1 fully saturated rings. The number of ether oxygens (including phenoxy) is 2. The summed E-state index contributed by atoms with van der Waals surface area (Å²) in [4.78, 5) is 42.9. The minimum atomic E-state index is -0.894. The van der Waals surface area contributed by atoms with Crippen molar-refractivity contribution in [2.45, 2.75) is 85.7 Å². The highest BCUT2D eigenvalue weighted by Gasteiger charge is 2.42. The maximum Gasteiger partial charge on any atom is 0.309 e. The predicted molar refractivity (Wildman–Crippen MR) is 198 cm³/mol. The SMILES string of the molecule is CCC1=C(C)C2/C=C3\N/C(=C(/CC(=O)OC)C4N/C(=C\c5[nH]c(c(C)c5CC)C=C1N2)C(C)=C4C(=O)NCCOCCN)C(CCC(=O)O)C3C. The van der Waals surface area contributed by atoms with E-state index in [1.165, 1.54) is 23.8 Å². The van der Waals surface area contributed by atoms with Crippen LogP contribution in [0.5, 0.6) is 0 Å². The molecule has 4 aliphatic rings. The van der Waals surface area contributed by atoms with Crippen molar-refractivity contribution in [2.75, 3.05) is 33.4 Å². The molecular weight excluding hydrogens is 648 g/mol. The second kappa shape index (κ2) is 16.2. The third kappa shape index (κ3) is 7.72. The van der Waals surface area contributed by atoms with E-state index in [1.807, 2.05) is 6.92 Å². The number of fused-ring (bicyclic) bond motifs is 8. The Labute approximate surface area is 300 Å². The Morgan fingerprint density at radius 3 is 2.43 bits per heavy atom. The molecule has 1 aromatic rings. The summed E-state index contributed by atoms with van der Waals surface area (Å²) < 4.78 is 10.7. The van der Waals surface area contributed by atoms with Crippen molar-refractivity contribution in [3.8, 4) is 0 Å². The Morgan fingerprint density at radius 1 is 1.02 bits per heavy atom. The van der Waals surface area contributed by atoms with Gasteiger partial charge in [-0.05, 0) is 91.7 Å². The fourth-order valence-electron chi connectivity index (χ4n) is 7.92. The molecule has 0 saturated carbocycles. The quantitative estimate of drug-likeness (QED) is 0.117. The summed E-state index contributed by atoms with van der Waals surface area (Å²) in [7, 11) is 1.35. The number of nitrogens with two attached hydrogens (primary N) is 1. The van der Waals surface area contributed by atoms with E-state index in [9.17, 15) is 19.5 Å². The van der Waals surface area contributed by atoms with Gasteiger partial charge in [-0.1, -0.05) is 20.8 Å². The number of hydrogen-bond donors (Lipinski definition) is 7. The number of hydrogen-bond acceptors (Lipinski definition) is 9. The van der Waals surface area contributed by atoms with Gasteiger partial charge < -0.3 is 46.6 Å². The van der Waals surface area contributed by atoms with Gasteiger partial charge in [0.15, 0.2) is 0 Å². The Bertz CT molecular complexity index is 1760. The summed E-state index contributed by atoms with van der Waals surface area (Å²) in [6.07, 6.45) is 8.30. The number of aromatic nitrogens is 1. The lowest BCUT2D eigenvalue weighted by molar-refractivity contribution is -0.140. The van der Waals surface area contributed by atoms with Gasteiger partial charge in [0.2, 0.25) is 5.91 Å². The first-order valence-corrected chi connectivity index (χ1v) is 18.1. The average molecular weight is 703 g/mol. The minimum absolute atomic E-state index is 0.0468. The molecule has 4 unspecified atom stereocenters. The molecule has 1 aromatic heterocycles. The van der Waals surface area contributed by atoms with Crippen molar-refractivity contribution >= 4 is 30.0 Å². The van der Waals surface area contributed by atoms with Gasteiger partial charge in [-0.15, -0.1) is 0 Å². The number of amides is 1. The summed E-state index contributed by atoms with van der Waals surface area (Å²) in [6, 6.07) is -0.784. The monoisotopic (exact) mass is 702 g/mol. The number of rotatable bonds is 13. The van der Waals surface area contributed by atoms with Crippen LogP contribution in [-0.4, -0.2) is 73.4 Å². The van der Waals surface area contributed by atoms with Gasteiger partial charge in [0.1, 0.15) is 0 Å². The van der Waals surface area contributed by atoms with Crippen molar-refractivity contribution in [3.63, 3.8) is 0 Å². The number of aromatic amines is 1. The number of H-pyrrole nitrogens is 1. The maximum absolute atomic E-state index is 14.1. The summed E-state index contributed by atoms with van der Waals surface area (Å²) >= 11 is 0. The lowest BCUT2D eigenvalue weighted by Gasteiger charge is -2.25. The topological polar surface area (TPSA) is 180 Å². The van der Waals surface area contributed by atoms with Gasteiger partial charge in [0.25, 0.3) is 0 Å². The Kier molecular flexibility index (Phi) is 12.0. The first-order chi connectivity index (χ1) is 24.4. The summed E-state index contributed by atoms with van der Waals surface area (Å²) in [5.74, 6) is -1.98. The zero-order valence-electron chi connectivity index (χ0n) is 31.0. The molecule has 51 heavy (non-hydrogen) atoms. The van der Waals surface area contributed by atoms with Gasteiger partial charge in [-0.25, -0.2) is 0 Å². The van der Waals surface area contributed by atoms with Crippen LogP contribution in [0, 0.1) is 18.8 Å². The van der Waals surface area contributed by atoms with Crippen LogP contribution in [0.25, 0.3) is 12.2 Å². The zero-order valence-corrected chi connectivity index (χ0v) is 31.0. The lowest BCUT2D eigenvalue weighted by Crippen LogP contribution is -2.38. The molecule has 0 aliphatic carbocycles. The summed E-state index contributed by atoms with van der Waals surface area (Å²) in [6.45, 7) is 14.0. The number of carbonyl (C=O) groups is 3. The Balaban J connectivity index is 1.76. The summed E-state index contributed by atoms with van der Waals surface area (Å²) in [5.41, 5.74) is 17.7. The van der Waals surface area contributed by atoms with Crippen LogP contribution in [0.2, 0.25) is 0 Å². The normalized spacial score (nSPS) is 26.1. The third-order valence-corrected chi connectivity index (χ3v) is 10.8. The predicted octanol–water partition coefficient (Wildman–Crippen LogP) is 4.08. The number of aliphatic carboxylic acids is 1. The molecule has 0 radical (unpaired) electrons.